The van der Waals surface area contributed by atoms with Crippen LogP contribution in [0.5, 0.6) is 0 Å². The summed E-state index contributed by atoms with van der Waals surface area (Å²) < 4.78 is 33.1. The van der Waals surface area contributed by atoms with Crippen LogP contribution < -0.4 is 10.6 Å². The van der Waals surface area contributed by atoms with Crippen LogP contribution in [0.25, 0.3) is 0 Å². The van der Waals surface area contributed by atoms with Crippen molar-refractivity contribution in [3.63, 3.8) is 0 Å². The Balaban J connectivity index is 2.32. The number of oxime groups is 1. The lowest BCUT2D eigenvalue weighted by atomic mass is 10.1. The minimum Gasteiger partial charge on any atom is -0.409 e. The molecule has 0 spiro atoms. The number of methoxy groups -OCH3 is 1. The van der Waals surface area contributed by atoms with Gasteiger partial charge in [0.25, 0.3) is 0 Å². The van der Waals surface area contributed by atoms with Crippen LogP contribution >= 0.6 is 0 Å². The monoisotopic (exact) mass is 271 g/mol. The minimum absolute atomic E-state index is 0.00346. The summed E-state index contributed by atoms with van der Waals surface area (Å²) in [6, 6.07) is 2.10. The number of ether oxygens (including phenoxy) is 1. The molecule has 1 atom stereocenters. The normalized spacial score (nSPS) is 20.1. The Bertz CT molecular complexity index is 485. The first-order chi connectivity index (χ1) is 9.06. The molecular weight excluding hydrogens is 256 g/mol. The van der Waals surface area contributed by atoms with Gasteiger partial charge in [-0.15, -0.1) is 0 Å². The van der Waals surface area contributed by atoms with E-state index in [0.717, 1.165) is 18.6 Å². The first-order valence-electron chi connectivity index (χ1n) is 5.81. The molecule has 1 fully saturated rings. The van der Waals surface area contributed by atoms with Gasteiger partial charge in [-0.25, -0.2) is 8.78 Å². The fourth-order valence-corrected chi connectivity index (χ4v) is 2.20. The Hall–Kier alpha value is -1.89. The summed E-state index contributed by atoms with van der Waals surface area (Å²) >= 11 is 0. The number of hydrogen-bond acceptors (Lipinski definition) is 4. The second-order valence-electron chi connectivity index (χ2n) is 4.37. The third-order valence-electron chi connectivity index (χ3n) is 3.21. The van der Waals surface area contributed by atoms with Gasteiger partial charge in [0.1, 0.15) is 17.3 Å². The van der Waals surface area contributed by atoms with Crippen LogP contribution in [0.2, 0.25) is 0 Å². The third-order valence-corrected chi connectivity index (χ3v) is 3.21. The quantitative estimate of drug-likeness (QED) is 0.376. The van der Waals surface area contributed by atoms with Crippen LogP contribution in [0.4, 0.5) is 14.5 Å². The Morgan fingerprint density at radius 3 is 2.58 bits per heavy atom. The molecule has 5 nitrogen and oxygen atoms in total. The van der Waals surface area contributed by atoms with E-state index in [2.05, 4.69) is 5.16 Å². The van der Waals surface area contributed by atoms with Gasteiger partial charge in [-0.05, 0) is 18.6 Å². The van der Waals surface area contributed by atoms with E-state index in [0.29, 0.717) is 13.1 Å². The van der Waals surface area contributed by atoms with E-state index >= 15 is 0 Å². The van der Waals surface area contributed by atoms with Crippen LogP contribution in [0, 0.1) is 11.6 Å². The molecule has 19 heavy (non-hydrogen) atoms. The van der Waals surface area contributed by atoms with Gasteiger partial charge in [-0.3, -0.25) is 0 Å². The summed E-state index contributed by atoms with van der Waals surface area (Å²) in [5, 5.41) is 11.2. The average molecular weight is 271 g/mol. The van der Waals surface area contributed by atoms with Crippen molar-refractivity contribution in [2.45, 2.75) is 12.5 Å². The molecule has 3 N–H and O–H groups in total. The van der Waals surface area contributed by atoms with Gasteiger partial charge in [0.15, 0.2) is 5.84 Å². The zero-order valence-corrected chi connectivity index (χ0v) is 10.4. The maximum atomic E-state index is 14.0. The summed E-state index contributed by atoms with van der Waals surface area (Å²) in [7, 11) is 1.57. The Kier molecular flexibility index (Phi) is 3.84. The fraction of sp³-hybridized carbons (Fsp3) is 0.417. The van der Waals surface area contributed by atoms with Crippen molar-refractivity contribution < 1.29 is 18.7 Å². The van der Waals surface area contributed by atoms with Gasteiger partial charge >= 0.3 is 0 Å². The molecule has 0 bridgehead atoms. The second kappa shape index (κ2) is 5.40. The topological polar surface area (TPSA) is 71.1 Å². The number of amidine groups is 1. The van der Waals surface area contributed by atoms with E-state index in [1.54, 1.807) is 12.0 Å². The average Bonchev–Trinajstić information content (AvgIpc) is 2.85. The Labute approximate surface area is 109 Å². The lowest BCUT2D eigenvalue weighted by Crippen LogP contribution is -2.25. The second-order valence-corrected chi connectivity index (χ2v) is 4.37. The number of rotatable bonds is 3. The molecule has 0 saturated carbocycles. The number of anilines is 1. The predicted octanol–water partition coefficient (Wildman–Crippen LogP) is 1.28. The smallest absolute Gasteiger partial charge is 0.170 e. The zero-order valence-electron chi connectivity index (χ0n) is 10.4. The third kappa shape index (κ3) is 2.60. The molecule has 7 heteroatoms. The number of nitrogens with two attached hydrogens (primary N) is 1. The highest BCUT2D eigenvalue weighted by molar-refractivity contribution is 5.97. The maximum Gasteiger partial charge on any atom is 0.170 e. The summed E-state index contributed by atoms with van der Waals surface area (Å²) in [4.78, 5) is 1.59. The van der Waals surface area contributed by atoms with Crippen molar-refractivity contribution in [1.29, 1.82) is 0 Å². The molecule has 0 amide bonds. The highest BCUT2D eigenvalue weighted by atomic mass is 19.1. The van der Waals surface area contributed by atoms with Crippen molar-refractivity contribution in [3.05, 3.63) is 29.3 Å². The summed E-state index contributed by atoms with van der Waals surface area (Å²) in [5.41, 5.74) is 5.21. The van der Waals surface area contributed by atoms with Gasteiger partial charge in [-0.1, -0.05) is 5.16 Å². The lowest BCUT2D eigenvalue weighted by molar-refractivity contribution is 0.121. The van der Waals surface area contributed by atoms with Gasteiger partial charge < -0.3 is 20.6 Å². The van der Waals surface area contributed by atoms with Crippen LogP contribution in [-0.4, -0.2) is 37.3 Å². The number of hydrogen-bond donors (Lipinski definition) is 2. The Morgan fingerprint density at radius 2 is 2.11 bits per heavy atom. The van der Waals surface area contributed by atoms with Crippen LogP contribution in [-0.2, 0) is 4.74 Å². The minimum atomic E-state index is -0.738. The van der Waals surface area contributed by atoms with E-state index in [1.165, 1.54) is 0 Å². The van der Waals surface area contributed by atoms with Crippen LogP contribution in [0.1, 0.15) is 12.0 Å². The molecule has 2 rings (SSSR count). The molecular formula is C12H15F2N3O2. The SMILES string of the molecule is COC1CCN(c2c(F)cc(C(N)=NO)cc2F)C1. The van der Waals surface area contributed by atoms with E-state index in [9.17, 15) is 8.78 Å². The summed E-state index contributed by atoms with van der Waals surface area (Å²) in [5.74, 6) is -1.81. The molecule has 1 saturated heterocycles. The molecule has 1 aliphatic rings. The molecule has 1 unspecified atom stereocenters. The lowest BCUT2D eigenvalue weighted by Gasteiger charge is -2.20. The number of nitrogens with zero attached hydrogens (tertiary/aromatic N) is 2. The van der Waals surface area contributed by atoms with Gasteiger partial charge in [-0.2, -0.15) is 0 Å². The molecule has 0 radical (unpaired) electrons. The number of halogens is 2. The maximum absolute atomic E-state index is 14.0. The van der Waals surface area contributed by atoms with E-state index in [-0.39, 0.29) is 23.2 Å². The van der Waals surface area contributed by atoms with Crippen molar-refractivity contribution in [2.24, 2.45) is 10.9 Å². The molecule has 0 aromatic heterocycles. The highest BCUT2D eigenvalue weighted by Gasteiger charge is 2.27. The largest absolute Gasteiger partial charge is 0.409 e. The van der Waals surface area contributed by atoms with Gasteiger partial charge in [0, 0.05) is 25.8 Å². The van der Waals surface area contributed by atoms with E-state index in [1.807, 2.05) is 0 Å². The first kappa shape index (κ1) is 13.5. The molecule has 1 aromatic carbocycles. The molecule has 1 aliphatic heterocycles. The summed E-state index contributed by atoms with van der Waals surface area (Å²) in [6.07, 6.45) is 0.694. The highest BCUT2D eigenvalue weighted by Crippen LogP contribution is 2.28. The zero-order chi connectivity index (χ0) is 14.0. The van der Waals surface area contributed by atoms with Crippen molar-refractivity contribution in [2.75, 3.05) is 25.1 Å². The first-order valence-corrected chi connectivity index (χ1v) is 5.81. The van der Waals surface area contributed by atoms with Gasteiger partial charge in [0.05, 0.1) is 6.10 Å². The molecule has 0 aliphatic carbocycles. The fourth-order valence-electron chi connectivity index (χ4n) is 2.20. The van der Waals surface area contributed by atoms with Crippen molar-refractivity contribution in [1.82, 2.24) is 0 Å². The molecule has 1 aromatic rings. The van der Waals surface area contributed by atoms with Crippen LogP contribution in [0.15, 0.2) is 17.3 Å². The molecule has 1 heterocycles. The number of benzene rings is 1. The standard InChI is InChI=1S/C12H15F2N3O2/c1-19-8-2-3-17(6-8)11-9(13)4-7(5-10(11)14)12(15)16-18/h4-5,8,18H,2-3,6H2,1H3,(H2,15,16). The predicted molar refractivity (Wildman–Crippen MR) is 66.5 cm³/mol. The Morgan fingerprint density at radius 1 is 1.47 bits per heavy atom. The van der Waals surface area contributed by atoms with E-state index < -0.39 is 11.6 Å². The van der Waals surface area contributed by atoms with Crippen molar-refractivity contribution >= 4 is 11.5 Å². The summed E-state index contributed by atoms with van der Waals surface area (Å²) in [6.45, 7) is 0.961. The van der Waals surface area contributed by atoms with Gasteiger partial charge in [0.2, 0.25) is 0 Å². The van der Waals surface area contributed by atoms with Crippen LogP contribution in [0.3, 0.4) is 0 Å². The molecule has 104 valence electrons. The van der Waals surface area contributed by atoms with Crippen molar-refractivity contribution in [3.8, 4) is 0 Å². The van der Waals surface area contributed by atoms with E-state index in [4.69, 9.17) is 15.7 Å².